The second kappa shape index (κ2) is 6.14. The van der Waals surface area contributed by atoms with Gasteiger partial charge in [-0.3, -0.25) is 0 Å². The Morgan fingerprint density at radius 2 is 2.10 bits per heavy atom. The topological polar surface area (TPSA) is 38.8 Å². The summed E-state index contributed by atoms with van der Waals surface area (Å²) in [6.45, 7) is 6.89. The molecule has 0 aliphatic carbocycles. The number of halogens is 1. The summed E-state index contributed by atoms with van der Waals surface area (Å²) < 4.78 is 10.8. The van der Waals surface area contributed by atoms with Crippen LogP contribution in [-0.2, 0) is 4.74 Å². The normalized spacial score (nSPS) is 18.7. The summed E-state index contributed by atoms with van der Waals surface area (Å²) in [5, 5.41) is 0.686. The Balaban J connectivity index is 2.11. The van der Waals surface area contributed by atoms with E-state index < -0.39 is 5.60 Å². The molecule has 1 aliphatic heterocycles. The van der Waals surface area contributed by atoms with Crippen LogP contribution in [0.4, 0.5) is 4.79 Å². The Morgan fingerprint density at radius 1 is 1.38 bits per heavy atom. The Morgan fingerprint density at radius 3 is 2.71 bits per heavy atom. The largest absolute Gasteiger partial charge is 0.496 e. The number of ether oxygens (including phenoxy) is 2. The summed E-state index contributed by atoms with van der Waals surface area (Å²) in [7, 11) is 1.63. The lowest BCUT2D eigenvalue weighted by Gasteiger charge is -2.24. The van der Waals surface area contributed by atoms with Crippen LogP contribution >= 0.6 is 11.6 Å². The first-order valence-electron chi connectivity index (χ1n) is 7.12. The lowest BCUT2D eigenvalue weighted by atomic mass is 9.97. The molecule has 0 saturated carbocycles. The van der Waals surface area contributed by atoms with Crippen molar-refractivity contribution in [3.05, 3.63) is 28.8 Å². The number of nitrogens with zero attached hydrogens (tertiary/aromatic N) is 1. The van der Waals surface area contributed by atoms with E-state index in [0.29, 0.717) is 18.1 Å². The van der Waals surface area contributed by atoms with Gasteiger partial charge in [0.05, 0.1) is 7.11 Å². The van der Waals surface area contributed by atoms with E-state index in [2.05, 4.69) is 0 Å². The molecule has 1 unspecified atom stereocenters. The fraction of sp³-hybridized carbons (Fsp3) is 0.562. The van der Waals surface area contributed by atoms with Crippen molar-refractivity contribution < 1.29 is 14.3 Å². The van der Waals surface area contributed by atoms with Gasteiger partial charge in [0.2, 0.25) is 0 Å². The first kappa shape index (κ1) is 16.0. The third kappa shape index (κ3) is 3.82. The number of hydrogen-bond donors (Lipinski definition) is 0. The first-order valence-corrected chi connectivity index (χ1v) is 7.50. The minimum absolute atomic E-state index is 0.182. The van der Waals surface area contributed by atoms with Gasteiger partial charge in [-0.2, -0.15) is 0 Å². The minimum Gasteiger partial charge on any atom is -0.496 e. The molecule has 1 amide bonds. The summed E-state index contributed by atoms with van der Waals surface area (Å²) in [5.74, 6) is 0.958. The molecule has 1 saturated heterocycles. The van der Waals surface area contributed by atoms with Crippen LogP contribution in [0.2, 0.25) is 5.02 Å². The van der Waals surface area contributed by atoms with Crippen LogP contribution in [0.1, 0.15) is 38.7 Å². The average Bonchev–Trinajstić information content (AvgIpc) is 2.85. The molecule has 1 fully saturated rings. The van der Waals surface area contributed by atoms with E-state index >= 15 is 0 Å². The maximum atomic E-state index is 12.1. The highest BCUT2D eigenvalue weighted by Gasteiger charge is 2.32. The second-order valence-electron chi connectivity index (χ2n) is 6.27. The highest BCUT2D eigenvalue weighted by Crippen LogP contribution is 2.38. The third-order valence-corrected chi connectivity index (χ3v) is 3.81. The summed E-state index contributed by atoms with van der Waals surface area (Å²) in [6, 6.07) is 5.62. The number of benzene rings is 1. The fourth-order valence-corrected chi connectivity index (χ4v) is 2.90. The standard InChI is InChI=1S/C16H22ClNO3/c1-16(2,3)21-15(19)18-9-8-11(10-18)14-12(17)6-5-7-13(14)20-4/h5-7,11H,8-10H2,1-4H3. The van der Waals surface area contributed by atoms with Gasteiger partial charge in [-0.05, 0) is 39.3 Å². The van der Waals surface area contributed by atoms with Gasteiger partial charge >= 0.3 is 6.09 Å². The van der Waals surface area contributed by atoms with Gasteiger partial charge in [-0.15, -0.1) is 0 Å². The molecule has 5 heteroatoms. The van der Waals surface area contributed by atoms with Gasteiger partial charge in [0.25, 0.3) is 0 Å². The number of carbonyl (C=O) groups is 1. The lowest BCUT2D eigenvalue weighted by Crippen LogP contribution is -2.35. The molecule has 2 rings (SSSR count). The van der Waals surface area contributed by atoms with Gasteiger partial charge in [-0.1, -0.05) is 17.7 Å². The Bertz CT molecular complexity index is 525. The van der Waals surface area contributed by atoms with Crippen molar-refractivity contribution in [3.63, 3.8) is 0 Å². The van der Waals surface area contributed by atoms with Crippen molar-refractivity contribution in [3.8, 4) is 5.75 Å². The van der Waals surface area contributed by atoms with Gasteiger partial charge in [0.1, 0.15) is 11.4 Å². The number of rotatable bonds is 2. The molecule has 0 radical (unpaired) electrons. The van der Waals surface area contributed by atoms with Gasteiger partial charge in [-0.25, -0.2) is 4.79 Å². The predicted octanol–water partition coefficient (Wildman–Crippen LogP) is 4.07. The van der Waals surface area contributed by atoms with Crippen LogP contribution in [-0.4, -0.2) is 36.8 Å². The van der Waals surface area contributed by atoms with Crippen LogP contribution in [0.5, 0.6) is 5.75 Å². The van der Waals surface area contributed by atoms with Crippen molar-refractivity contribution in [1.82, 2.24) is 4.90 Å². The molecule has 1 atom stereocenters. The smallest absolute Gasteiger partial charge is 0.410 e. The van der Waals surface area contributed by atoms with Gasteiger partial charge in [0, 0.05) is 29.6 Å². The molecule has 116 valence electrons. The molecular formula is C16H22ClNO3. The molecule has 0 spiro atoms. The molecule has 0 aromatic heterocycles. The van der Waals surface area contributed by atoms with Crippen LogP contribution < -0.4 is 4.74 Å². The highest BCUT2D eigenvalue weighted by molar-refractivity contribution is 6.31. The highest BCUT2D eigenvalue weighted by atomic mass is 35.5. The number of hydrogen-bond acceptors (Lipinski definition) is 3. The van der Waals surface area contributed by atoms with E-state index in [-0.39, 0.29) is 12.0 Å². The molecule has 21 heavy (non-hydrogen) atoms. The lowest BCUT2D eigenvalue weighted by molar-refractivity contribution is 0.0292. The van der Waals surface area contributed by atoms with Crippen molar-refractivity contribution in [2.45, 2.75) is 38.7 Å². The zero-order valence-electron chi connectivity index (χ0n) is 13.0. The molecule has 1 aromatic rings. The zero-order valence-corrected chi connectivity index (χ0v) is 13.7. The van der Waals surface area contributed by atoms with Gasteiger partial charge in [0.15, 0.2) is 0 Å². The van der Waals surface area contributed by atoms with E-state index in [0.717, 1.165) is 17.7 Å². The summed E-state index contributed by atoms with van der Waals surface area (Å²) in [5.41, 5.74) is 0.504. The Kier molecular flexibility index (Phi) is 4.67. The summed E-state index contributed by atoms with van der Waals surface area (Å²) >= 11 is 6.31. The molecule has 1 heterocycles. The predicted molar refractivity (Wildman–Crippen MR) is 83.2 cm³/mol. The third-order valence-electron chi connectivity index (χ3n) is 3.48. The van der Waals surface area contributed by atoms with E-state index in [9.17, 15) is 4.79 Å². The molecule has 1 aromatic carbocycles. The molecule has 1 aliphatic rings. The summed E-state index contributed by atoms with van der Waals surface area (Å²) in [4.78, 5) is 13.9. The Labute approximate surface area is 131 Å². The van der Waals surface area contributed by atoms with Crippen LogP contribution in [0.3, 0.4) is 0 Å². The maximum Gasteiger partial charge on any atom is 0.410 e. The number of carbonyl (C=O) groups excluding carboxylic acids is 1. The van der Waals surface area contributed by atoms with Crippen molar-refractivity contribution in [2.75, 3.05) is 20.2 Å². The van der Waals surface area contributed by atoms with E-state index in [1.807, 2.05) is 39.0 Å². The molecule has 0 N–H and O–H groups in total. The fourth-order valence-electron chi connectivity index (χ4n) is 2.58. The van der Waals surface area contributed by atoms with E-state index in [1.165, 1.54) is 0 Å². The average molecular weight is 312 g/mol. The second-order valence-corrected chi connectivity index (χ2v) is 6.67. The summed E-state index contributed by atoms with van der Waals surface area (Å²) in [6.07, 6.45) is 0.593. The minimum atomic E-state index is -0.475. The van der Waals surface area contributed by atoms with Crippen molar-refractivity contribution in [2.24, 2.45) is 0 Å². The molecule has 0 bridgehead atoms. The van der Waals surface area contributed by atoms with Crippen molar-refractivity contribution in [1.29, 1.82) is 0 Å². The van der Waals surface area contributed by atoms with Crippen LogP contribution in [0.25, 0.3) is 0 Å². The number of methoxy groups -OCH3 is 1. The number of amides is 1. The monoisotopic (exact) mass is 311 g/mol. The van der Waals surface area contributed by atoms with Crippen LogP contribution in [0.15, 0.2) is 18.2 Å². The first-order chi connectivity index (χ1) is 9.81. The van der Waals surface area contributed by atoms with Crippen molar-refractivity contribution >= 4 is 17.7 Å². The zero-order chi connectivity index (χ0) is 15.6. The van der Waals surface area contributed by atoms with Gasteiger partial charge < -0.3 is 14.4 Å². The number of likely N-dealkylation sites (tertiary alicyclic amines) is 1. The van der Waals surface area contributed by atoms with Crippen LogP contribution in [0, 0.1) is 0 Å². The Hall–Kier alpha value is -1.42. The van der Waals surface area contributed by atoms with E-state index in [1.54, 1.807) is 12.0 Å². The quantitative estimate of drug-likeness (QED) is 0.826. The SMILES string of the molecule is COc1cccc(Cl)c1C1CCN(C(=O)OC(C)(C)C)C1. The molecular weight excluding hydrogens is 290 g/mol. The maximum absolute atomic E-state index is 12.1. The van der Waals surface area contributed by atoms with E-state index in [4.69, 9.17) is 21.1 Å². The molecule has 4 nitrogen and oxygen atoms in total.